The number of carbonyl (C=O) groups is 1. The quantitative estimate of drug-likeness (QED) is 0.398. The Balaban J connectivity index is 1.59. The van der Waals surface area contributed by atoms with Gasteiger partial charge >= 0.3 is 5.97 Å². The van der Waals surface area contributed by atoms with Crippen molar-refractivity contribution in [3.05, 3.63) is 48.0 Å². The number of hydrogen-bond acceptors (Lipinski definition) is 4. The Morgan fingerprint density at radius 3 is 2.47 bits per heavy atom. The van der Waals surface area contributed by atoms with Gasteiger partial charge in [-0.3, -0.25) is 4.79 Å². The van der Waals surface area contributed by atoms with E-state index in [0.717, 1.165) is 32.1 Å². The molecule has 0 saturated heterocycles. The second-order valence-corrected chi connectivity index (χ2v) is 12.0. The normalized spacial score (nSPS) is 21.0. The number of rotatable bonds is 9. The maximum absolute atomic E-state index is 12.9. The van der Waals surface area contributed by atoms with E-state index in [0.29, 0.717) is 6.42 Å². The smallest absolute Gasteiger partial charge is 0.306 e. The summed E-state index contributed by atoms with van der Waals surface area (Å²) in [6.45, 7) is 4.31. The second-order valence-electron chi connectivity index (χ2n) is 9.78. The van der Waals surface area contributed by atoms with Crippen molar-refractivity contribution in [2.45, 2.75) is 58.8 Å². The lowest BCUT2D eigenvalue weighted by Crippen LogP contribution is -2.33. The molecule has 0 aromatic heterocycles. The highest BCUT2D eigenvalue weighted by molar-refractivity contribution is 7.91. The van der Waals surface area contributed by atoms with Crippen LogP contribution in [-0.2, 0) is 25.8 Å². The first-order valence-electron chi connectivity index (χ1n) is 10.9. The Bertz CT molecular complexity index is 988. The monoisotopic (exact) mass is 430 g/mol. The lowest BCUT2D eigenvalue weighted by molar-refractivity contribution is -0.143. The fourth-order valence-corrected chi connectivity index (χ4v) is 7.26. The van der Waals surface area contributed by atoms with E-state index in [9.17, 15) is 13.2 Å². The van der Waals surface area contributed by atoms with Gasteiger partial charge in [0, 0.05) is 0 Å². The number of ether oxygens (including phenoxy) is 1. The Hall–Kier alpha value is -1.88. The molecule has 0 heterocycles. The van der Waals surface area contributed by atoms with Gasteiger partial charge in [0.05, 0.1) is 25.0 Å². The second kappa shape index (κ2) is 9.09. The molecule has 0 aliphatic heterocycles. The van der Waals surface area contributed by atoms with Gasteiger partial charge in [-0.15, -0.1) is 0 Å². The molecule has 3 rings (SSSR count). The van der Waals surface area contributed by atoms with Gasteiger partial charge in [0.25, 0.3) is 0 Å². The van der Waals surface area contributed by atoms with E-state index in [1.165, 1.54) is 23.4 Å². The number of hydrogen-bond donors (Lipinski definition) is 0. The third-order valence-electron chi connectivity index (χ3n) is 6.49. The Morgan fingerprint density at radius 1 is 1.03 bits per heavy atom. The zero-order valence-corrected chi connectivity index (χ0v) is 19.3. The Kier molecular flexibility index (Phi) is 6.91. The van der Waals surface area contributed by atoms with Crippen LogP contribution in [0.25, 0.3) is 10.8 Å². The molecule has 2 aromatic rings. The highest BCUT2D eigenvalue weighted by atomic mass is 32.2. The third-order valence-corrected chi connectivity index (χ3v) is 8.45. The van der Waals surface area contributed by atoms with Crippen molar-refractivity contribution < 1.29 is 17.9 Å². The first-order valence-corrected chi connectivity index (χ1v) is 12.7. The van der Waals surface area contributed by atoms with Gasteiger partial charge in [-0.25, -0.2) is 8.42 Å². The van der Waals surface area contributed by atoms with Crippen LogP contribution in [-0.4, -0.2) is 33.0 Å². The number of fused-ring (bicyclic) bond motifs is 1. The van der Waals surface area contributed by atoms with Crippen LogP contribution in [0.15, 0.2) is 42.5 Å². The molecule has 5 heteroatoms. The highest BCUT2D eigenvalue weighted by Crippen LogP contribution is 2.52. The number of methoxy groups -OCH3 is 1. The molecule has 1 aliphatic rings. The predicted molar refractivity (Wildman–Crippen MR) is 122 cm³/mol. The van der Waals surface area contributed by atoms with Gasteiger partial charge in [0.15, 0.2) is 9.84 Å². The summed E-state index contributed by atoms with van der Waals surface area (Å²) in [5, 5.41) is 2.46. The largest absolute Gasteiger partial charge is 0.469 e. The number of carbonyl (C=O) groups excluding carboxylic acids is 1. The molecule has 4 nitrogen and oxygen atoms in total. The average Bonchev–Trinajstić information content (AvgIpc) is 2.98. The summed E-state index contributed by atoms with van der Waals surface area (Å²) in [7, 11) is -1.86. The molecule has 1 fully saturated rings. The van der Waals surface area contributed by atoms with Crippen LogP contribution in [0, 0.1) is 10.8 Å². The molecule has 2 aromatic carbocycles. The Morgan fingerprint density at radius 2 is 1.77 bits per heavy atom. The fourth-order valence-electron chi connectivity index (χ4n) is 5.19. The molecule has 1 saturated carbocycles. The van der Waals surface area contributed by atoms with Gasteiger partial charge in [-0.1, -0.05) is 56.3 Å². The van der Waals surface area contributed by atoms with Crippen LogP contribution in [0.4, 0.5) is 0 Å². The van der Waals surface area contributed by atoms with Crippen LogP contribution in [0.2, 0.25) is 0 Å². The molecule has 164 valence electrons. The molecule has 0 radical (unpaired) electrons. The highest BCUT2D eigenvalue weighted by Gasteiger charge is 2.47. The number of benzene rings is 2. The van der Waals surface area contributed by atoms with E-state index in [-0.39, 0.29) is 29.3 Å². The molecule has 1 unspecified atom stereocenters. The minimum Gasteiger partial charge on any atom is -0.469 e. The van der Waals surface area contributed by atoms with E-state index >= 15 is 0 Å². The van der Waals surface area contributed by atoms with Gasteiger partial charge in [-0.2, -0.15) is 0 Å². The van der Waals surface area contributed by atoms with Crippen LogP contribution in [0.1, 0.15) is 57.9 Å². The number of sulfone groups is 1. The molecular weight excluding hydrogens is 396 g/mol. The van der Waals surface area contributed by atoms with Gasteiger partial charge in [-0.05, 0) is 65.7 Å². The van der Waals surface area contributed by atoms with Crippen molar-refractivity contribution in [1.82, 2.24) is 0 Å². The van der Waals surface area contributed by atoms with E-state index in [4.69, 9.17) is 4.74 Å². The van der Waals surface area contributed by atoms with E-state index in [2.05, 4.69) is 44.2 Å². The summed E-state index contributed by atoms with van der Waals surface area (Å²) >= 11 is 0. The van der Waals surface area contributed by atoms with Gasteiger partial charge in [0.2, 0.25) is 0 Å². The zero-order valence-electron chi connectivity index (χ0n) is 18.4. The SMILES string of the molecule is COC(=O)CC1(CS(=O)(=O)CCCCc2cccc3ccccc23)CCC(C)(C)C1. The third kappa shape index (κ3) is 5.84. The maximum Gasteiger partial charge on any atom is 0.306 e. The molecule has 0 bridgehead atoms. The fraction of sp³-hybridized carbons (Fsp3) is 0.560. The molecule has 0 spiro atoms. The molecule has 1 aliphatic carbocycles. The summed E-state index contributed by atoms with van der Waals surface area (Å²) in [6, 6.07) is 14.6. The first-order chi connectivity index (χ1) is 14.1. The predicted octanol–water partition coefficient (Wildman–Crippen LogP) is 5.34. The standard InChI is InChI=1S/C25H34O4S/c1-24(2)14-15-25(18-24,17-23(26)29-3)19-30(27,28)16-7-6-10-21-12-8-11-20-9-4-5-13-22(20)21/h4-5,8-9,11-13H,6-7,10,14-19H2,1-3H3. The molecular formula is C25H34O4S. The average molecular weight is 431 g/mol. The number of unbranched alkanes of at least 4 members (excludes halogenated alkanes) is 1. The number of aryl methyl sites for hydroxylation is 1. The van der Waals surface area contributed by atoms with Crippen molar-refractivity contribution in [1.29, 1.82) is 0 Å². The lowest BCUT2D eigenvalue weighted by atomic mass is 9.80. The minimum absolute atomic E-state index is 0.0674. The van der Waals surface area contributed by atoms with E-state index in [1.54, 1.807) is 0 Å². The molecule has 0 N–H and O–H groups in total. The Labute approximate surface area is 180 Å². The summed E-state index contributed by atoms with van der Waals surface area (Å²) in [4.78, 5) is 12.0. The first kappa shape index (κ1) is 22.8. The van der Waals surface area contributed by atoms with Crippen LogP contribution < -0.4 is 0 Å². The van der Waals surface area contributed by atoms with Crippen molar-refractivity contribution in [2.75, 3.05) is 18.6 Å². The summed E-state index contributed by atoms with van der Waals surface area (Å²) in [5.74, 6) is -0.0349. The lowest BCUT2D eigenvalue weighted by Gasteiger charge is -2.29. The van der Waals surface area contributed by atoms with Crippen molar-refractivity contribution in [3.8, 4) is 0 Å². The van der Waals surface area contributed by atoms with Crippen LogP contribution in [0.5, 0.6) is 0 Å². The van der Waals surface area contributed by atoms with Gasteiger partial charge in [0.1, 0.15) is 0 Å². The summed E-state index contributed by atoms with van der Waals surface area (Å²) in [6.07, 6.45) is 5.01. The van der Waals surface area contributed by atoms with Crippen LogP contribution in [0.3, 0.4) is 0 Å². The number of esters is 1. The minimum atomic E-state index is -3.23. The maximum atomic E-state index is 12.9. The molecule has 30 heavy (non-hydrogen) atoms. The van der Waals surface area contributed by atoms with E-state index < -0.39 is 15.3 Å². The molecule has 1 atom stereocenters. The van der Waals surface area contributed by atoms with Crippen molar-refractivity contribution >= 4 is 26.6 Å². The van der Waals surface area contributed by atoms with E-state index in [1.807, 2.05) is 12.1 Å². The topological polar surface area (TPSA) is 60.4 Å². The zero-order chi connectivity index (χ0) is 21.8. The summed E-state index contributed by atoms with van der Waals surface area (Å²) < 4.78 is 30.8. The van der Waals surface area contributed by atoms with Crippen molar-refractivity contribution in [3.63, 3.8) is 0 Å². The van der Waals surface area contributed by atoms with Crippen molar-refractivity contribution in [2.24, 2.45) is 10.8 Å². The summed E-state index contributed by atoms with van der Waals surface area (Å²) in [5.41, 5.74) is 0.855. The van der Waals surface area contributed by atoms with Gasteiger partial charge < -0.3 is 4.74 Å². The van der Waals surface area contributed by atoms with Crippen LogP contribution >= 0.6 is 0 Å². The molecule has 0 amide bonds.